The summed E-state index contributed by atoms with van der Waals surface area (Å²) in [5.74, 6) is 0.527. The molecular formula is C11H17N3O3. The van der Waals surface area contributed by atoms with Gasteiger partial charge in [0.2, 0.25) is 5.89 Å². The zero-order chi connectivity index (χ0) is 12.5. The van der Waals surface area contributed by atoms with Crippen molar-refractivity contribution in [2.75, 3.05) is 13.1 Å². The molecular weight excluding hydrogens is 222 g/mol. The van der Waals surface area contributed by atoms with E-state index >= 15 is 0 Å². The van der Waals surface area contributed by atoms with Crippen LogP contribution in [0.4, 0.5) is 0 Å². The summed E-state index contributed by atoms with van der Waals surface area (Å²) < 4.78 is 5.05. The van der Waals surface area contributed by atoms with Crippen molar-refractivity contribution in [1.29, 1.82) is 0 Å². The summed E-state index contributed by atoms with van der Waals surface area (Å²) in [7, 11) is 0. The third kappa shape index (κ3) is 2.63. The number of carboxylic acid groups (broad SMARTS) is 1. The molecule has 17 heavy (non-hydrogen) atoms. The zero-order valence-corrected chi connectivity index (χ0v) is 10.1. The van der Waals surface area contributed by atoms with E-state index in [0.717, 1.165) is 13.1 Å². The molecule has 0 atom stereocenters. The topological polar surface area (TPSA) is 79.5 Å². The van der Waals surface area contributed by atoms with E-state index in [0.29, 0.717) is 31.1 Å². The first kappa shape index (κ1) is 12.0. The Bertz CT molecular complexity index is 408. The van der Waals surface area contributed by atoms with Gasteiger partial charge in [-0.3, -0.25) is 9.69 Å². The summed E-state index contributed by atoms with van der Waals surface area (Å²) in [6.45, 7) is 5.71. The third-order valence-electron chi connectivity index (χ3n) is 3.40. The Morgan fingerprint density at radius 2 is 2.18 bits per heavy atom. The highest BCUT2D eigenvalue weighted by molar-refractivity contribution is 5.74. The van der Waals surface area contributed by atoms with Crippen LogP contribution >= 0.6 is 0 Å². The third-order valence-corrected chi connectivity index (χ3v) is 3.40. The molecule has 6 heteroatoms. The number of carbonyl (C=O) groups is 1. The minimum atomic E-state index is -0.703. The molecule has 1 aliphatic heterocycles. The average Bonchev–Trinajstić information content (AvgIpc) is 2.67. The van der Waals surface area contributed by atoms with E-state index in [2.05, 4.69) is 15.0 Å². The van der Waals surface area contributed by atoms with E-state index in [4.69, 9.17) is 9.63 Å². The minimum Gasteiger partial charge on any atom is -0.481 e. The molecule has 2 rings (SSSR count). The molecule has 0 saturated carbocycles. The summed E-state index contributed by atoms with van der Waals surface area (Å²) >= 11 is 0. The molecule has 1 N–H and O–H groups in total. The van der Waals surface area contributed by atoms with Crippen molar-refractivity contribution < 1.29 is 14.4 Å². The number of hydrogen-bond acceptors (Lipinski definition) is 5. The predicted octanol–water partition coefficient (Wildman–Crippen LogP) is 1.06. The van der Waals surface area contributed by atoms with E-state index < -0.39 is 11.4 Å². The van der Waals surface area contributed by atoms with Crippen molar-refractivity contribution in [3.63, 3.8) is 0 Å². The fourth-order valence-corrected chi connectivity index (χ4v) is 2.01. The second-order valence-corrected chi connectivity index (χ2v) is 4.88. The standard InChI is InChI=1S/C11H17N3O3/c1-8-12-9(17-13-8)7-14-5-3-11(2,4-6-14)10(15)16/h3-7H2,1-2H3,(H,15,16). The average molecular weight is 239 g/mol. The van der Waals surface area contributed by atoms with Gasteiger partial charge in [-0.2, -0.15) is 4.98 Å². The second kappa shape index (κ2) is 4.44. The number of nitrogens with zero attached hydrogens (tertiary/aromatic N) is 3. The molecule has 0 unspecified atom stereocenters. The van der Waals surface area contributed by atoms with Crippen molar-refractivity contribution in [1.82, 2.24) is 15.0 Å². The summed E-state index contributed by atoms with van der Waals surface area (Å²) in [6, 6.07) is 0. The second-order valence-electron chi connectivity index (χ2n) is 4.88. The van der Waals surface area contributed by atoms with Gasteiger partial charge in [0.05, 0.1) is 12.0 Å². The molecule has 0 bridgehead atoms. The van der Waals surface area contributed by atoms with Gasteiger partial charge >= 0.3 is 5.97 Å². The summed E-state index contributed by atoms with van der Waals surface area (Å²) in [4.78, 5) is 17.4. The van der Waals surface area contributed by atoms with Gasteiger partial charge in [-0.25, -0.2) is 0 Å². The van der Waals surface area contributed by atoms with Crippen LogP contribution in [0.25, 0.3) is 0 Å². The largest absolute Gasteiger partial charge is 0.481 e. The van der Waals surface area contributed by atoms with Gasteiger partial charge in [0.15, 0.2) is 5.82 Å². The number of carboxylic acids is 1. The molecule has 0 radical (unpaired) electrons. The van der Waals surface area contributed by atoms with Crippen molar-refractivity contribution in [3.05, 3.63) is 11.7 Å². The number of aryl methyl sites for hydroxylation is 1. The highest BCUT2D eigenvalue weighted by Gasteiger charge is 2.36. The van der Waals surface area contributed by atoms with Crippen LogP contribution < -0.4 is 0 Å². The SMILES string of the molecule is Cc1noc(CN2CCC(C)(C(=O)O)CC2)n1. The van der Waals surface area contributed by atoms with Crippen LogP contribution in [0.3, 0.4) is 0 Å². The predicted molar refractivity (Wildman–Crippen MR) is 59.3 cm³/mol. The quantitative estimate of drug-likeness (QED) is 0.849. The normalized spacial score (nSPS) is 20.4. The van der Waals surface area contributed by atoms with Crippen molar-refractivity contribution in [3.8, 4) is 0 Å². The highest BCUT2D eigenvalue weighted by atomic mass is 16.5. The first-order valence-corrected chi connectivity index (χ1v) is 5.74. The maximum atomic E-state index is 11.1. The smallest absolute Gasteiger partial charge is 0.309 e. The lowest BCUT2D eigenvalue weighted by atomic mass is 9.80. The van der Waals surface area contributed by atoms with Crippen LogP contribution in [0.2, 0.25) is 0 Å². The number of aliphatic carboxylic acids is 1. The molecule has 94 valence electrons. The Hall–Kier alpha value is -1.43. The van der Waals surface area contributed by atoms with E-state index in [1.54, 1.807) is 6.92 Å². The van der Waals surface area contributed by atoms with Gasteiger partial charge in [0, 0.05) is 0 Å². The maximum Gasteiger partial charge on any atom is 0.309 e. The first-order valence-electron chi connectivity index (χ1n) is 5.74. The van der Waals surface area contributed by atoms with E-state index in [1.807, 2.05) is 6.92 Å². The van der Waals surface area contributed by atoms with Crippen LogP contribution in [0.1, 0.15) is 31.5 Å². The fraction of sp³-hybridized carbons (Fsp3) is 0.727. The van der Waals surface area contributed by atoms with Gasteiger partial charge < -0.3 is 9.63 Å². The molecule has 1 aromatic heterocycles. The molecule has 6 nitrogen and oxygen atoms in total. The molecule has 0 amide bonds. The fourth-order valence-electron chi connectivity index (χ4n) is 2.01. The molecule has 1 aliphatic rings. The number of hydrogen-bond donors (Lipinski definition) is 1. The van der Waals surface area contributed by atoms with Gasteiger partial charge in [-0.05, 0) is 39.8 Å². The van der Waals surface area contributed by atoms with Crippen LogP contribution in [0, 0.1) is 12.3 Å². The molecule has 0 aliphatic carbocycles. The molecule has 1 saturated heterocycles. The zero-order valence-electron chi connectivity index (χ0n) is 10.1. The van der Waals surface area contributed by atoms with Gasteiger partial charge in [0.1, 0.15) is 0 Å². The van der Waals surface area contributed by atoms with Crippen LogP contribution in [-0.2, 0) is 11.3 Å². The maximum absolute atomic E-state index is 11.1. The van der Waals surface area contributed by atoms with E-state index in [9.17, 15) is 4.79 Å². The molecule has 1 aromatic rings. The number of rotatable bonds is 3. The van der Waals surface area contributed by atoms with E-state index in [1.165, 1.54) is 0 Å². The lowest BCUT2D eigenvalue weighted by Gasteiger charge is -2.35. The van der Waals surface area contributed by atoms with Crippen molar-refractivity contribution >= 4 is 5.97 Å². The van der Waals surface area contributed by atoms with Gasteiger partial charge in [-0.15, -0.1) is 0 Å². The Balaban J connectivity index is 1.89. The Kier molecular flexibility index (Phi) is 3.15. The Labute approximate surface area is 99.6 Å². The molecule has 2 heterocycles. The highest BCUT2D eigenvalue weighted by Crippen LogP contribution is 2.31. The molecule has 0 spiro atoms. The lowest BCUT2D eigenvalue weighted by molar-refractivity contribution is -0.150. The van der Waals surface area contributed by atoms with Gasteiger partial charge in [-0.1, -0.05) is 5.16 Å². The number of aromatic nitrogens is 2. The molecule has 0 aromatic carbocycles. The van der Waals surface area contributed by atoms with Crippen molar-refractivity contribution in [2.24, 2.45) is 5.41 Å². The Morgan fingerprint density at radius 3 is 2.65 bits per heavy atom. The number of likely N-dealkylation sites (tertiary alicyclic amines) is 1. The van der Waals surface area contributed by atoms with E-state index in [-0.39, 0.29) is 0 Å². The molecule has 1 fully saturated rings. The first-order chi connectivity index (χ1) is 7.99. The summed E-state index contributed by atoms with van der Waals surface area (Å²) in [5, 5.41) is 12.8. The summed E-state index contributed by atoms with van der Waals surface area (Å²) in [5.41, 5.74) is -0.582. The Morgan fingerprint density at radius 1 is 1.53 bits per heavy atom. The van der Waals surface area contributed by atoms with Crippen LogP contribution in [0.15, 0.2) is 4.52 Å². The van der Waals surface area contributed by atoms with Crippen LogP contribution in [0.5, 0.6) is 0 Å². The minimum absolute atomic E-state index is 0.582. The summed E-state index contributed by atoms with van der Waals surface area (Å²) in [6.07, 6.45) is 1.32. The van der Waals surface area contributed by atoms with Crippen LogP contribution in [-0.4, -0.2) is 39.2 Å². The van der Waals surface area contributed by atoms with Gasteiger partial charge in [0.25, 0.3) is 0 Å². The van der Waals surface area contributed by atoms with Crippen molar-refractivity contribution in [2.45, 2.75) is 33.2 Å². The lowest BCUT2D eigenvalue weighted by Crippen LogP contribution is -2.42. The monoisotopic (exact) mass is 239 g/mol. The number of piperidine rings is 1.